The molecule has 2 N–H and O–H groups in total. The average Bonchev–Trinajstić information content (AvgIpc) is 3.05. The second-order valence-electron chi connectivity index (χ2n) is 7.14. The number of ketones is 1. The van der Waals surface area contributed by atoms with Crippen LogP contribution in [0.15, 0.2) is 78.4 Å². The number of para-hydroxylation sites is 2. The van der Waals surface area contributed by atoms with Crippen molar-refractivity contribution in [2.45, 2.75) is 13.0 Å². The highest BCUT2D eigenvalue weighted by Crippen LogP contribution is 2.45. The predicted molar refractivity (Wildman–Crippen MR) is 117 cm³/mol. The van der Waals surface area contributed by atoms with Gasteiger partial charge >= 0.3 is 0 Å². The molecule has 162 valence electrons. The Bertz CT molecular complexity index is 1240. The Balaban J connectivity index is 1.97. The summed E-state index contributed by atoms with van der Waals surface area (Å²) >= 11 is 0. The van der Waals surface area contributed by atoms with E-state index in [2.05, 4.69) is 0 Å². The van der Waals surface area contributed by atoms with E-state index in [-0.39, 0.29) is 28.1 Å². The number of rotatable bonds is 5. The molecule has 0 radical (unpaired) electrons. The maximum atomic E-state index is 14.9. The van der Waals surface area contributed by atoms with Gasteiger partial charge in [-0.15, -0.1) is 0 Å². The Labute approximate surface area is 183 Å². The van der Waals surface area contributed by atoms with Crippen LogP contribution in [0.4, 0.5) is 10.1 Å². The van der Waals surface area contributed by atoms with Crippen LogP contribution in [0.2, 0.25) is 0 Å². The molecule has 1 unspecified atom stereocenters. The second kappa shape index (κ2) is 8.55. The van der Waals surface area contributed by atoms with Gasteiger partial charge in [0.2, 0.25) is 0 Å². The maximum Gasteiger partial charge on any atom is 0.300 e. The Kier molecular flexibility index (Phi) is 5.64. The van der Waals surface area contributed by atoms with E-state index in [4.69, 9.17) is 4.74 Å². The number of aromatic hydroxyl groups is 1. The van der Waals surface area contributed by atoms with Gasteiger partial charge in [-0.2, -0.15) is 0 Å². The number of hydrogen-bond donors (Lipinski definition) is 2. The highest BCUT2D eigenvalue weighted by Gasteiger charge is 2.48. The minimum atomic E-state index is -1.28. The maximum absolute atomic E-state index is 14.9. The molecule has 6 nitrogen and oxygen atoms in total. The number of carbonyl (C=O) groups is 2. The number of amides is 1. The van der Waals surface area contributed by atoms with Crippen molar-refractivity contribution in [3.63, 3.8) is 0 Å². The minimum absolute atomic E-state index is 0.0115. The first-order valence-electron chi connectivity index (χ1n) is 10.0. The smallest absolute Gasteiger partial charge is 0.300 e. The molecule has 1 heterocycles. The number of anilines is 1. The summed E-state index contributed by atoms with van der Waals surface area (Å²) in [6.45, 7) is 2.21. The van der Waals surface area contributed by atoms with Gasteiger partial charge in [0.1, 0.15) is 23.1 Å². The average molecular weight is 433 g/mol. The van der Waals surface area contributed by atoms with Crippen LogP contribution in [0, 0.1) is 5.82 Å². The number of halogens is 1. The fourth-order valence-corrected chi connectivity index (χ4v) is 3.80. The predicted octanol–water partition coefficient (Wildman–Crippen LogP) is 4.56. The van der Waals surface area contributed by atoms with Gasteiger partial charge in [0.25, 0.3) is 11.7 Å². The van der Waals surface area contributed by atoms with Crippen molar-refractivity contribution in [2.75, 3.05) is 11.5 Å². The Morgan fingerprint density at radius 3 is 2.47 bits per heavy atom. The van der Waals surface area contributed by atoms with Crippen LogP contribution < -0.4 is 9.64 Å². The molecule has 1 amide bonds. The number of phenols is 1. The fraction of sp³-hybridized carbons (Fsp3) is 0.120. The molecule has 32 heavy (non-hydrogen) atoms. The number of aliphatic hydroxyl groups is 1. The highest BCUT2D eigenvalue weighted by atomic mass is 19.1. The van der Waals surface area contributed by atoms with Crippen molar-refractivity contribution in [3.05, 3.63) is 95.3 Å². The molecule has 1 fully saturated rings. The van der Waals surface area contributed by atoms with Crippen molar-refractivity contribution in [3.8, 4) is 11.5 Å². The zero-order valence-corrected chi connectivity index (χ0v) is 17.2. The van der Waals surface area contributed by atoms with Crippen molar-refractivity contribution in [1.82, 2.24) is 0 Å². The van der Waals surface area contributed by atoms with E-state index >= 15 is 0 Å². The summed E-state index contributed by atoms with van der Waals surface area (Å²) in [6, 6.07) is 16.8. The molecule has 1 saturated heterocycles. The molecule has 1 aliphatic heterocycles. The Hall–Kier alpha value is -4.13. The summed E-state index contributed by atoms with van der Waals surface area (Å²) in [5.74, 6) is -2.88. The molecule has 1 atom stereocenters. The number of carbonyl (C=O) groups excluding carboxylic acids is 2. The number of Topliss-reactive ketones (excluding diaryl/α,β-unsaturated/α-hetero) is 1. The Morgan fingerprint density at radius 1 is 1.03 bits per heavy atom. The van der Waals surface area contributed by atoms with Crippen LogP contribution in [-0.4, -0.2) is 28.5 Å². The van der Waals surface area contributed by atoms with E-state index in [1.165, 1.54) is 36.4 Å². The van der Waals surface area contributed by atoms with Gasteiger partial charge in [0.05, 0.1) is 23.9 Å². The van der Waals surface area contributed by atoms with Crippen LogP contribution >= 0.6 is 0 Å². The highest BCUT2D eigenvalue weighted by molar-refractivity contribution is 6.51. The first-order chi connectivity index (χ1) is 15.4. The molecule has 0 bridgehead atoms. The fourth-order valence-electron chi connectivity index (χ4n) is 3.80. The lowest BCUT2D eigenvalue weighted by molar-refractivity contribution is -0.132. The number of ether oxygens (including phenoxy) is 1. The summed E-state index contributed by atoms with van der Waals surface area (Å²) in [5.41, 5.74) is 0.00649. The van der Waals surface area contributed by atoms with Gasteiger partial charge in [0.15, 0.2) is 0 Å². The van der Waals surface area contributed by atoms with E-state index in [1.807, 2.05) is 6.92 Å². The largest absolute Gasteiger partial charge is 0.507 e. The zero-order chi connectivity index (χ0) is 22.8. The third-order valence-electron chi connectivity index (χ3n) is 5.20. The standard InChI is InChI=1S/C25H20FNO5/c1-2-32-16-9-7-8-15(14-16)23(29)21-22(17-10-3-4-11-18(17)26)27(25(31)24(21)30)19-12-5-6-13-20(19)28/h3-14,22,28-29H,2H2,1H3/b23-21+. The van der Waals surface area contributed by atoms with E-state index in [0.717, 1.165) is 4.90 Å². The van der Waals surface area contributed by atoms with Crippen molar-refractivity contribution >= 4 is 23.1 Å². The first-order valence-corrected chi connectivity index (χ1v) is 10.0. The second-order valence-corrected chi connectivity index (χ2v) is 7.14. The molecule has 3 aromatic carbocycles. The lowest BCUT2D eigenvalue weighted by atomic mass is 9.94. The number of aliphatic hydroxyl groups excluding tert-OH is 1. The van der Waals surface area contributed by atoms with Gasteiger partial charge in [-0.1, -0.05) is 42.5 Å². The quantitative estimate of drug-likeness (QED) is 0.350. The van der Waals surface area contributed by atoms with Crippen LogP contribution in [0.1, 0.15) is 24.1 Å². The van der Waals surface area contributed by atoms with E-state index in [1.54, 1.807) is 36.4 Å². The van der Waals surface area contributed by atoms with Crippen molar-refractivity contribution < 1.29 is 28.9 Å². The summed E-state index contributed by atoms with van der Waals surface area (Å²) in [5, 5.41) is 21.4. The van der Waals surface area contributed by atoms with Crippen LogP contribution in [0.3, 0.4) is 0 Å². The van der Waals surface area contributed by atoms with E-state index in [9.17, 15) is 24.2 Å². The SMILES string of the molecule is CCOc1cccc(/C(O)=C2\C(=O)C(=O)N(c3ccccc3O)C2c2ccccc2F)c1. The molecular formula is C25H20FNO5. The van der Waals surface area contributed by atoms with Gasteiger partial charge in [0, 0.05) is 11.1 Å². The molecule has 3 aromatic rings. The summed E-state index contributed by atoms with van der Waals surface area (Å²) in [4.78, 5) is 27.1. The third kappa shape index (κ3) is 3.58. The van der Waals surface area contributed by atoms with Crippen LogP contribution in [0.25, 0.3) is 5.76 Å². The van der Waals surface area contributed by atoms with Gasteiger partial charge in [-0.25, -0.2) is 4.39 Å². The molecule has 0 saturated carbocycles. The minimum Gasteiger partial charge on any atom is -0.507 e. The third-order valence-corrected chi connectivity index (χ3v) is 5.20. The molecular weight excluding hydrogens is 413 g/mol. The lowest BCUT2D eigenvalue weighted by Crippen LogP contribution is -2.29. The van der Waals surface area contributed by atoms with Crippen LogP contribution in [-0.2, 0) is 9.59 Å². The summed E-state index contributed by atoms with van der Waals surface area (Å²) < 4.78 is 20.3. The van der Waals surface area contributed by atoms with Gasteiger partial charge in [-0.3, -0.25) is 14.5 Å². The Morgan fingerprint density at radius 2 is 1.75 bits per heavy atom. The van der Waals surface area contributed by atoms with Crippen molar-refractivity contribution in [2.24, 2.45) is 0 Å². The monoisotopic (exact) mass is 433 g/mol. The van der Waals surface area contributed by atoms with Crippen LogP contribution in [0.5, 0.6) is 11.5 Å². The van der Waals surface area contributed by atoms with E-state index < -0.39 is 29.3 Å². The number of phenolic OH excluding ortho intramolecular Hbond substituents is 1. The summed E-state index contributed by atoms with van der Waals surface area (Å²) in [6.07, 6.45) is 0. The lowest BCUT2D eigenvalue weighted by Gasteiger charge is -2.26. The number of benzene rings is 3. The number of nitrogens with zero attached hydrogens (tertiary/aromatic N) is 1. The first kappa shape index (κ1) is 21.1. The molecule has 0 spiro atoms. The molecule has 7 heteroatoms. The molecule has 0 aliphatic carbocycles. The molecule has 0 aromatic heterocycles. The van der Waals surface area contributed by atoms with Gasteiger partial charge in [-0.05, 0) is 37.3 Å². The molecule has 4 rings (SSSR count). The summed E-state index contributed by atoms with van der Waals surface area (Å²) in [7, 11) is 0. The zero-order valence-electron chi connectivity index (χ0n) is 17.2. The van der Waals surface area contributed by atoms with E-state index in [0.29, 0.717) is 12.4 Å². The van der Waals surface area contributed by atoms with Crippen molar-refractivity contribution in [1.29, 1.82) is 0 Å². The normalized spacial score (nSPS) is 17.6. The van der Waals surface area contributed by atoms with Gasteiger partial charge < -0.3 is 14.9 Å². The molecule has 1 aliphatic rings. The number of hydrogen-bond acceptors (Lipinski definition) is 5. The topological polar surface area (TPSA) is 87.1 Å².